The van der Waals surface area contributed by atoms with Crippen molar-refractivity contribution in [2.75, 3.05) is 28.6 Å². The number of aromatic nitrogens is 2. The molecule has 0 fully saturated rings. The van der Waals surface area contributed by atoms with Gasteiger partial charge in [0, 0.05) is 43.8 Å². The maximum atomic E-state index is 12.8. The van der Waals surface area contributed by atoms with E-state index in [1.807, 2.05) is 30.1 Å². The molecule has 0 saturated heterocycles. The summed E-state index contributed by atoms with van der Waals surface area (Å²) in [6.45, 7) is 0. The molecule has 1 aromatic heterocycles. The molecule has 1 unspecified atom stereocenters. The molecule has 0 aliphatic heterocycles. The number of halogens is 3. The Morgan fingerprint density at radius 3 is 2.32 bits per heavy atom. The smallest absolute Gasteiger partial charge is 0.406 e. The number of likely N-dealkylation sites (N-methyl/N-ethyl adjacent to an activating group) is 1. The monoisotopic (exact) mass is 585 g/mol. The van der Waals surface area contributed by atoms with E-state index in [2.05, 4.69) is 19.4 Å². The minimum atomic E-state index is -4.77. The number of amides is 1. The number of benzene rings is 3. The fourth-order valence-corrected chi connectivity index (χ4v) is 4.30. The first-order valence-corrected chi connectivity index (χ1v) is 13.3. The molecule has 9 nitrogen and oxygen atoms in total. The molecule has 0 aliphatic carbocycles. The number of nitrogens with one attached hydrogen (secondary N) is 1. The number of ether oxygens (including phenoxy) is 1. The van der Waals surface area contributed by atoms with E-state index in [9.17, 15) is 22.2 Å². The lowest BCUT2D eigenvalue weighted by atomic mass is 10.1. The summed E-state index contributed by atoms with van der Waals surface area (Å²) in [6.07, 6.45) is -2.70. The molecule has 41 heavy (non-hydrogen) atoms. The molecule has 0 aliphatic rings. The number of anilines is 4. The molecule has 13 heteroatoms. The highest BCUT2D eigenvalue weighted by atomic mass is 32.2. The lowest BCUT2D eigenvalue weighted by molar-refractivity contribution is -0.274. The molecule has 3 aromatic carbocycles. The molecule has 0 radical (unpaired) electrons. The van der Waals surface area contributed by atoms with Crippen LogP contribution in [0, 0.1) is 0 Å². The molecule has 2 N–H and O–H groups in total. The lowest BCUT2D eigenvalue weighted by Gasteiger charge is -2.21. The quantitative estimate of drug-likeness (QED) is 0.237. The predicted molar refractivity (Wildman–Crippen MR) is 150 cm³/mol. The van der Waals surface area contributed by atoms with Crippen LogP contribution in [0.2, 0.25) is 0 Å². The number of carbonyl (C=O) groups excluding carboxylic acids is 1. The average Bonchev–Trinajstić information content (AvgIpc) is 2.92. The summed E-state index contributed by atoms with van der Waals surface area (Å²) in [7, 11) is 3.48. The highest BCUT2D eigenvalue weighted by molar-refractivity contribution is 7.80. The normalized spacial score (nSPS) is 12.0. The highest BCUT2D eigenvalue weighted by Gasteiger charge is 2.31. The second-order valence-electron chi connectivity index (χ2n) is 8.96. The molecule has 1 amide bonds. The van der Waals surface area contributed by atoms with Crippen LogP contribution in [0.15, 0.2) is 85.1 Å². The molecule has 1 heterocycles. The lowest BCUT2D eigenvalue weighted by Crippen LogP contribution is -2.27. The predicted octanol–water partition coefficient (Wildman–Crippen LogP) is 5.49. The standard InChI is InChI=1S/C28H26F3N5O4S/c1-35(26-14-15-32-25(33-26)17-20-4-3-5-21(16-20)34-41(38)39)22-8-10-23(11-9-22)36(2)27(37)18-19-6-12-24(13-7-19)40-28(29,30)31/h3-16,34H,17-18H2,1-2H3,(H,38,39). The average molecular weight is 586 g/mol. The van der Waals surface area contributed by atoms with Gasteiger partial charge in [-0.2, -0.15) is 0 Å². The third-order valence-electron chi connectivity index (χ3n) is 6.04. The van der Waals surface area contributed by atoms with E-state index in [-0.39, 0.29) is 18.1 Å². The van der Waals surface area contributed by atoms with Gasteiger partial charge in [0.15, 0.2) is 0 Å². The van der Waals surface area contributed by atoms with E-state index in [1.165, 1.54) is 29.2 Å². The number of hydrogen-bond donors (Lipinski definition) is 2. The SMILES string of the molecule is CN(C(=O)Cc1ccc(OC(F)(F)F)cc1)c1ccc(N(C)c2ccnc(Cc3cccc(NS(=O)O)c3)n2)cc1. The first-order chi connectivity index (χ1) is 19.5. The van der Waals surface area contributed by atoms with Gasteiger partial charge in [-0.25, -0.2) is 14.2 Å². The number of nitrogens with zero attached hydrogens (tertiary/aromatic N) is 4. The molecule has 0 saturated carbocycles. The minimum Gasteiger partial charge on any atom is -0.406 e. The zero-order valence-corrected chi connectivity index (χ0v) is 22.8. The largest absolute Gasteiger partial charge is 0.573 e. The van der Waals surface area contributed by atoms with Crippen molar-refractivity contribution in [3.8, 4) is 5.75 Å². The second kappa shape index (κ2) is 12.8. The van der Waals surface area contributed by atoms with Crippen LogP contribution in [0.4, 0.5) is 36.1 Å². The minimum absolute atomic E-state index is 0.00495. The van der Waals surface area contributed by atoms with Crippen LogP contribution in [-0.2, 0) is 28.9 Å². The Hall–Kier alpha value is -4.49. The summed E-state index contributed by atoms with van der Waals surface area (Å²) in [5.74, 6) is 0.633. The topological polar surface area (TPSA) is 108 Å². The number of alkyl halides is 3. The van der Waals surface area contributed by atoms with Crippen molar-refractivity contribution in [1.29, 1.82) is 0 Å². The van der Waals surface area contributed by atoms with Crippen LogP contribution < -0.4 is 19.3 Å². The molecule has 0 bridgehead atoms. The Morgan fingerprint density at radius 2 is 1.66 bits per heavy atom. The zero-order chi connectivity index (χ0) is 29.6. The van der Waals surface area contributed by atoms with Crippen LogP contribution in [0.1, 0.15) is 17.0 Å². The summed E-state index contributed by atoms with van der Waals surface area (Å²) < 4.78 is 63.4. The van der Waals surface area contributed by atoms with Crippen LogP contribution in [-0.4, -0.2) is 45.1 Å². The Bertz CT molecular complexity index is 1520. The van der Waals surface area contributed by atoms with Gasteiger partial charge in [0.25, 0.3) is 11.3 Å². The Labute approximate surface area is 237 Å². The molecule has 4 aromatic rings. The van der Waals surface area contributed by atoms with Crippen molar-refractivity contribution < 1.29 is 31.5 Å². The first kappa shape index (κ1) is 29.5. The molecular formula is C28H26F3N5O4S. The van der Waals surface area contributed by atoms with Gasteiger partial charge in [0.2, 0.25) is 5.91 Å². The van der Waals surface area contributed by atoms with Crippen LogP contribution in [0.5, 0.6) is 5.75 Å². The van der Waals surface area contributed by atoms with E-state index >= 15 is 0 Å². The highest BCUT2D eigenvalue weighted by Crippen LogP contribution is 2.26. The summed E-state index contributed by atoms with van der Waals surface area (Å²) in [5.41, 5.74) is 3.39. The van der Waals surface area contributed by atoms with Crippen molar-refractivity contribution >= 4 is 40.1 Å². The molecule has 4 rings (SSSR count). The summed E-state index contributed by atoms with van der Waals surface area (Å²) in [4.78, 5) is 25.1. The van der Waals surface area contributed by atoms with E-state index in [0.717, 1.165) is 11.3 Å². The van der Waals surface area contributed by atoms with Gasteiger partial charge in [-0.05, 0) is 65.7 Å². The molecule has 0 spiro atoms. The molecular weight excluding hydrogens is 559 g/mol. The van der Waals surface area contributed by atoms with Crippen LogP contribution in [0.25, 0.3) is 0 Å². The van der Waals surface area contributed by atoms with Gasteiger partial charge >= 0.3 is 6.36 Å². The van der Waals surface area contributed by atoms with Gasteiger partial charge in [-0.15, -0.1) is 13.2 Å². The Morgan fingerprint density at radius 1 is 0.976 bits per heavy atom. The third kappa shape index (κ3) is 8.50. The fourth-order valence-electron chi connectivity index (χ4n) is 3.97. The van der Waals surface area contributed by atoms with E-state index < -0.39 is 17.6 Å². The fraction of sp³-hybridized carbons (Fsp3) is 0.179. The first-order valence-electron chi connectivity index (χ1n) is 12.2. The van der Waals surface area contributed by atoms with Gasteiger partial charge in [0.1, 0.15) is 17.4 Å². The summed E-state index contributed by atoms with van der Waals surface area (Å²) in [5, 5.41) is 0. The van der Waals surface area contributed by atoms with Gasteiger partial charge in [-0.3, -0.25) is 14.1 Å². The number of hydrogen-bond acceptors (Lipinski definition) is 6. The van der Waals surface area contributed by atoms with Crippen LogP contribution >= 0.6 is 0 Å². The molecule has 214 valence electrons. The van der Waals surface area contributed by atoms with Crippen molar-refractivity contribution in [2.24, 2.45) is 0 Å². The number of rotatable bonds is 10. The van der Waals surface area contributed by atoms with Crippen molar-refractivity contribution in [1.82, 2.24) is 9.97 Å². The van der Waals surface area contributed by atoms with Crippen molar-refractivity contribution in [2.45, 2.75) is 19.2 Å². The maximum absolute atomic E-state index is 12.8. The number of carbonyl (C=O) groups is 1. The third-order valence-corrected chi connectivity index (χ3v) is 6.45. The van der Waals surface area contributed by atoms with Gasteiger partial charge in [0.05, 0.1) is 6.42 Å². The van der Waals surface area contributed by atoms with Gasteiger partial charge in [-0.1, -0.05) is 24.3 Å². The zero-order valence-electron chi connectivity index (χ0n) is 22.0. The van der Waals surface area contributed by atoms with E-state index in [4.69, 9.17) is 4.55 Å². The van der Waals surface area contributed by atoms with E-state index in [1.54, 1.807) is 49.6 Å². The van der Waals surface area contributed by atoms with Crippen LogP contribution in [0.3, 0.4) is 0 Å². The second-order valence-corrected chi connectivity index (χ2v) is 9.66. The Balaban J connectivity index is 1.39. The Kier molecular flexibility index (Phi) is 9.20. The van der Waals surface area contributed by atoms with Gasteiger partial charge < -0.3 is 14.5 Å². The van der Waals surface area contributed by atoms with Crippen molar-refractivity contribution in [3.05, 3.63) is 102 Å². The molecule has 1 atom stereocenters. The summed E-state index contributed by atoms with van der Waals surface area (Å²) >= 11 is -2.17. The van der Waals surface area contributed by atoms with Crippen molar-refractivity contribution in [3.63, 3.8) is 0 Å². The maximum Gasteiger partial charge on any atom is 0.573 e. The van der Waals surface area contributed by atoms with E-state index in [0.29, 0.717) is 35.0 Å². The summed E-state index contributed by atoms with van der Waals surface area (Å²) in [6, 6.07) is 21.3.